The van der Waals surface area contributed by atoms with Crippen LogP contribution in [0.3, 0.4) is 0 Å². The second kappa shape index (κ2) is 8.64. The molecule has 0 spiro atoms. The molecule has 0 fully saturated rings. The number of ether oxygens (including phenoxy) is 2. The molecule has 1 aromatic carbocycles. The summed E-state index contributed by atoms with van der Waals surface area (Å²) in [5, 5.41) is 2.63. The van der Waals surface area contributed by atoms with Crippen LogP contribution in [0.25, 0.3) is 0 Å². The molecular formula is C19H19ClN2O5. The van der Waals surface area contributed by atoms with Gasteiger partial charge in [-0.25, -0.2) is 14.6 Å². The maximum atomic E-state index is 12.2. The molecular weight excluding hydrogens is 372 g/mol. The summed E-state index contributed by atoms with van der Waals surface area (Å²) in [5.74, 6) is -1.81. The number of hydrogen-bond donors (Lipinski definition) is 1. The highest BCUT2D eigenvalue weighted by Gasteiger charge is 2.18. The lowest BCUT2D eigenvalue weighted by Gasteiger charge is -2.11. The van der Waals surface area contributed by atoms with E-state index in [0.29, 0.717) is 22.5 Å². The Bertz CT molecular complexity index is 888. The number of aryl methyl sites for hydroxylation is 3. The van der Waals surface area contributed by atoms with E-state index in [1.54, 1.807) is 39.0 Å². The summed E-state index contributed by atoms with van der Waals surface area (Å²) in [6, 6.07) is 6.46. The monoisotopic (exact) mass is 390 g/mol. The molecule has 27 heavy (non-hydrogen) atoms. The minimum atomic E-state index is -0.736. The van der Waals surface area contributed by atoms with Crippen LogP contribution >= 0.6 is 11.6 Å². The molecule has 1 heterocycles. The highest BCUT2D eigenvalue weighted by atomic mass is 35.5. The number of methoxy groups -OCH3 is 1. The number of amides is 1. The molecule has 0 atom stereocenters. The second-order valence-electron chi connectivity index (χ2n) is 5.89. The second-order valence-corrected chi connectivity index (χ2v) is 6.25. The summed E-state index contributed by atoms with van der Waals surface area (Å²) in [7, 11) is 1.27. The molecule has 1 aromatic heterocycles. The molecule has 1 N–H and O–H groups in total. The third kappa shape index (κ3) is 5.04. The quantitative estimate of drug-likeness (QED) is 0.622. The highest BCUT2D eigenvalue weighted by Crippen LogP contribution is 2.20. The predicted molar refractivity (Wildman–Crippen MR) is 100 cm³/mol. The average Bonchev–Trinajstić information content (AvgIpc) is 2.60. The van der Waals surface area contributed by atoms with Gasteiger partial charge in [-0.15, -0.1) is 0 Å². The summed E-state index contributed by atoms with van der Waals surface area (Å²) in [6.07, 6.45) is 0. The van der Waals surface area contributed by atoms with Crippen molar-refractivity contribution in [1.29, 1.82) is 0 Å². The van der Waals surface area contributed by atoms with E-state index in [9.17, 15) is 14.4 Å². The van der Waals surface area contributed by atoms with Crippen LogP contribution in [0.1, 0.15) is 37.5 Å². The number of anilines is 1. The normalized spacial score (nSPS) is 10.3. The van der Waals surface area contributed by atoms with Crippen LogP contribution in [-0.4, -0.2) is 36.5 Å². The zero-order chi connectivity index (χ0) is 20.1. The Kier molecular flexibility index (Phi) is 6.52. The number of pyridine rings is 1. The van der Waals surface area contributed by atoms with Gasteiger partial charge in [0, 0.05) is 11.4 Å². The first-order valence-corrected chi connectivity index (χ1v) is 8.40. The van der Waals surface area contributed by atoms with Gasteiger partial charge >= 0.3 is 11.9 Å². The van der Waals surface area contributed by atoms with Gasteiger partial charge < -0.3 is 14.8 Å². The van der Waals surface area contributed by atoms with Crippen molar-refractivity contribution in [3.63, 3.8) is 0 Å². The summed E-state index contributed by atoms with van der Waals surface area (Å²) in [4.78, 5) is 40.0. The van der Waals surface area contributed by atoms with Crippen LogP contribution in [0.4, 0.5) is 5.69 Å². The Balaban J connectivity index is 2.05. The number of benzene rings is 1. The lowest BCUT2D eigenvalue weighted by atomic mass is 10.1. The average molecular weight is 391 g/mol. The third-order valence-electron chi connectivity index (χ3n) is 3.77. The number of rotatable bonds is 5. The maximum absolute atomic E-state index is 12.2. The van der Waals surface area contributed by atoms with Crippen LogP contribution < -0.4 is 5.32 Å². The van der Waals surface area contributed by atoms with Crippen molar-refractivity contribution in [3.8, 4) is 0 Å². The van der Waals surface area contributed by atoms with Crippen LogP contribution in [0.2, 0.25) is 5.15 Å². The summed E-state index contributed by atoms with van der Waals surface area (Å²) >= 11 is 6.00. The minimum absolute atomic E-state index is 0.0273. The van der Waals surface area contributed by atoms with E-state index in [2.05, 4.69) is 15.0 Å². The summed E-state index contributed by atoms with van der Waals surface area (Å²) in [5.41, 5.74) is 2.86. The van der Waals surface area contributed by atoms with Crippen molar-refractivity contribution in [2.24, 2.45) is 0 Å². The summed E-state index contributed by atoms with van der Waals surface area (Å²) < 4.78 is 9.69. The van der Waals surface area contributed by atoms with Gasteiger partial charge in [0.1, 0.15) is 5.15 Å². The predicted octanol–water partition coefficient (Wildman–Crippen LogP) is 3.24. The number of nitrogens with one attached hydrogen (secondary N) is 1. The molecule has 0 saturated carbocycles. The van der Waals surface area contributed by atoms with Gasteiger partial charge in [0.2, 0.25) is 0 Å². The van der Waals surface area contributed by atoms with Gasteiger partial charge in [-0.3, -0.25) is 4.79 Å². The standard InChI is InChI=1S/C19H19ClN2O5/c1-10-5-6-13(18(24)26-4)8-14(10)22-15(23)9-27-19(25)16-11(2)7-12(3)21-17(16)20/h5-8H,9H2,1-4H3,(H,22,23). The van der Waals surface area contributed by atoms with E-state index in [-0.39, 0.29) is 10.7 Å². The Labute approximate surface area is 161 Å². The van der Waals surface area contributed by atoms with E-state index >= 15 is 0 Å². The van der Waals surface area contributed by atoms with Crippen molar-refractivity contribution < 1.29 is 23.9 Å². The maximum Gasteiger partial charge on any atom is 0.342 e. The highest BCUT2D eigenvalue weighted by molar-refractivity contribution is 6.32. The number of nitrogens with zero attached hydrogens (tertiary/aromatic N) is 1. The number of aromatic nitrogens is 1. The Morgan fingerprint density at radius 1 is 1.07 bits per heavy atom. The molecule has 0 bridgehead atoms. The van der Waals surface area contributed by atoms with Gasteiger partial charge in [0.25, 0.3) is 5.91 Å². The molecule has 0 aliphatic carbocycles. The number of hydrogen-bond acceptors (Lipinski definition) is 6. The Hall–Kier alpha value is -2.93. The van der Waals surface area contributed by atoms with E-state index in [1.165, 1.54) is 13.2 Å². The molecule has 1 amide bonds. The molecule has 142 valence electrons. The lowest BCUT2D eigenvalue weighted by Crippen LogP contribution is -2.22. The zero-order valence-corrected chi connectivity index (χ0v) is 16.1. The smallest absolute Gasteiger partial charge is 0.342 e. The number of carbonyl (C=O) groups excluding carboxylic acids is 3. The molecule has 0 saturated heterocycles. The van der Waals surface area contributed by atoms with E-state index in [4.69, 9.17) is 16.3 Å². The van der Waals surface area contributed by atoms with Crippen molar-refractivity contribution in [2.75, 3.05) is 19.0 Å². The minimum Gasteiger partial charge on any atom is -0.465 e. The van der Waals surface area contributed by atoms with Gasteiger partial charge in [-0.1, -0.05) is 17.7 Å². The van der Waals surface area contributed by atoms with Crippen molar-refractivity contribution >= 4 is 35.1 Å². The zero-order valence-electron chi connectivity index (χ0n) is 15.4. The van der Waals surface area contributed by atoms with E-state index in [1.807, 2.05) is 0 Å². The van der Waals surface area contributed by atoms with Gasteiger partial charge in [-0.2, -0.15) is 0 Å². The SMILES string of the molecule is COC(=O)c1ccc(C)c(NC(=O)COC(=O)c2c(C)cc(C)nc2Cl)c1. The molecule has 7 nitrogen and oxygen atoms in total. The molecule has 0 aliphatic rings. The number of halogens is 1. The van der Waals surface area contributed by atoms with Gasteiger partial charge in [-0.05, 0) is 50.1 Å². The molecule has 0 unspecified atom stereocenters. The number of carbonyl (C=O) groups is 3. The molecule has 0 aliphatic heterocycles. The summed E-state index contributed by atoms with van der Waals surface area (Å²) in [6.45, 7) is 4.72. The first kappa shape index (κ1) is 20.4. The molecule has 8 heteroatoms. The van der Waals surface area contributed by atoms with Crippen LogP contribution in [0.5, 0.6) is 0 Å². The Morgan fingerprint density at radius 2 is 1.78 bits per heavy atom. The topological polar surface area (TPSA) is 94.6 Å². The van der Waals surface area contributed by atoms with Crippen molar-refractivity contribution in [2.45, 2.75) is 20.8 Å². The first-order chi connectivity index (χ1) is 12.7. The molecule has 2 rings (SSSR count). The fraction of sp³-hybridized carbons (Fsp3) is 0.263. The van der Waals surface area contributed by atoms with Gasteiger partial charge in [0.05, 0.1) is 18.2 Å². The molecule has 2 aromatic rings. The first-order valence-electron chi connectivity index (χ1n) is 8.02. The Morgan fingerprint density at radius 3 is 2.41 bits per heavy atom. The van der Waals surface area contributed by atoms with E-state index < -0.39 is 24.5 Å². The molecule has 0 radical (unpaired) electrons. The lowest BCUT2D eigenvalue weighted by molar-refractivity contribution is -0.119. The van der Waals surface area contributed by atoms with Crippen LogP contribution in [0.15, 0.2) is 24.3 Å². The van der Waals surface area contributed by atoms with Crippen LogP contribution in [0, 0.1) is 20.8 Å². The van der Waals surface area contributed by atoms with Gasteiger partial charge in [0.15, 0.2) is 6.61 Å². The fourth-order valence-electron chi connectivity index (χ4n) is 2.43. The van der Waals surface area contributed by atoms with Crippen molar-refractivity contribution in [3.05, 3.63) is 57.4 Å². The van der Waals surface area contributed by atoms with Crippen molar-refractivity contribution in [1.82, 2.24) is 4.98 Å². The number of esters is 2. The third-order valence-corrected chi connectivity index (χ3v) is 4.05. The fourth-order valence-corrected chi connectivity index (χ4v) is 2.79. The van der Waals surface area contributed by atoms with E-state index in [0.717, 1.165) is 5.56 Å². The largest absolute Gasteiger partial charge is 0.465 e. The van der Waals surface area contributed by atoms with Crippen LogP contribution in [-0.2, 0) is 14.3 Å².